The summed E-state index contributed by atoms with van der Waals surface area (Å²) in [5, 5.41) is 18.7. The van der Waals surface area contributed by atoms with Crippen molar-refractivity contribution in [1.82, 2.24) is 0 Å². The van der Waals surface area contributed by atoms with E-state index < -0.39 is 12.2 Å². The lowest BCUT2D eigenvalue weighted by atomic mass is 10.1. The van der Waals surface area contributed by atoms with Gasteiger partial charge in [-0.15, -0.1) is 0 Å². The van der Waals surface area contributed by atoms with Crippen LogP contribution in [0.3, 0.4) is 0 Å². The highest BCUT2D eigenvalue weighted by atomic mass is 19.0. The fourth-order valence-corrected chi connectivity index (χ4v) is 2.19. The minimum atomic E-state index is -0.501. The molecule has 3 unspecified atom stereocenters. The van der Waals surface area contributed by atoms with E-state index in [0.29, 0.717) is 0 Å². The molecule has 0 aromatic heterocycles. The van der Waals surface area contributed by atoms with Gasteiger partial charge in [-0.25, -0.2) is 0 Å². The number of aliphatic hydroxyl groups is 2. The van der Waals surface area contributed by atoms with Crippen molar-refractivity contribution in [3.63, 3.8) is 0 Å². The van der Waals surface area contributed by atoms with Gasteiger partial charge in [0.05, 0.1) is 18.1 Å². The zero-order valence-electron chi connectivity index (χ0n) is 5.99. The summed E-state index contributed by atoms with van der Waals surface area (Å²) >= 11 is 0. The lowest BCUT2D eigenvalue weighted by Gasteiger charge is -2.09. The van der Waals surface area contributed by atoms with Gasteiger partial charge in [0.15, 0.2) is 6.29 Å². The largest absolute Gasteiger partial charge is 0.390 e. The van der Waals surface area contributed by atoms with Crippen LogP contribution in [0.2, 0.25) is 0 Å². The molecule has 4 nitrogen and oxygen atoms in total. The first-order valence-electron chi connectivity index (χ1n) is 3.46. The normalized spacial score (nSPS) is 58.5. The van der Waals surface area contributed by atoms with E-state index in [2.05, 4.69) is 0 Å². The Morgan fingerprint density at radius 3 is 1.42 bits per heavy atom. The Morgan fingerprint density at radius 2 is 1.25 bits per heavy atom. The van der Waals surface area contributed by atoms with E-state index in [0.717, 1.165) is 0 Å². The molecule has 72 valence electrons. The Balaban J connectivity index is 0.000000360. The molecule has 2 N–H and O–H groups in total. The minimum Gasteiger partial charge on any atom is -0.390 e. The van der Waals surface area contributed by atoms with Crippen LogP contribution >= 0.6 is 0 Å². The summed E-state index contributed by atoms with van der Waals surface area (Å²) in [6.07, 6.45) is -1.85. The third kappa shape index (κ3) is 0.731. The third-order valence-electron chi connectivity index (χ3n) is 2.68. The second-order valence-corrected chi connectivity index (χ2v) is 3.13. The van der Waals surface area contributed by atoms with Crippen molar-refractivity contribution in [1.29, 1.82) is 0 Å². The molecule has 3 saturated heterocycles. The molecule has 6 heteroatoms. The number of hydrogen-bond donors (Lipinski definition) is 2. The van der Waals surface area contributed by atoms with Crippen LogP contribution in [-0.4, -0.2) is 40.9 Å². The van der Waals surface area contributed by atoms with Crippen LogP contribution in [0, 0.1) is 5.92 Å². The van der Waals surface area contributed by atoms with Gasteiger partial charge in [0.25, 0.3) is 0 Å². The number of ether oxygens (including phenoxy) is 2. The summed E-state index contributed by atoms with van der Waals surface area (Å²) in [5.41, 5.74) is 0. The second-order valence-electron chi connectivity index (χ2n) is 3.13. The first-order chi connectivity index (χ1) is 4.79. The van der Waals surface area contributed by atoms with E-state index in [-0.39, 0.29) is 33.8 Å². The summed E-state index contributed by atoms with van der Waals surface area (Å²) in [5.74, 6) is -0.185. The molecule has 4 aliphatic rings. The Labute approximate surface area is 66.8 Å². The Kier molecular flexibility index (Phi) is 2.12. The van der Waals surface area contributed by atoms with Crippen molar-refractivity contribution in [3.8, 4) is 0 Å². The van der Waals surface area contributed by atoms with E-state index >= 15 is 0 Å². The summed E-state index contributed by atoms with van der Waals surface area (Å²) < 4.78 is 10.4. The molecule has 3 aliphatic heterocycles. The fourth-order valence-electron chi connectivity index (χ4n) is 2.19. The van der Waals surface area contributed by atoms with E-state index in [1.54, 1.807) is 0 Å². The van der Waals surface area contributed by atoms with E-state index in [1.165, 1.54) is 0 Å². The zero-order chi connectivity index (χ0) is 6.88. The third-order valence-corrected chi connectivity index (χ3v) is 2.68. The summed E-state index contributed by atoms with van der Waals surface area (Å²) in [4.78, 5) is 0. The molecular weight excluding hydrogens is 174 g/mol. The van der Waals surface area contributed by atoms with Crippen molar-refractivity contribution in [2.45, 2.75) is 30.7 Å². The smallest absolute Gasteiger partial charge is 0.166 e. The predicted molar refractivity (Wildman–Crippen MR) is 34.0 cm³/mol. The van der Waals surface area contributed by atoms with Crippen LogP contribution in [0.1, 0.15) is 0 Å². The fraction of sp³-hybridized carbons (Fsp3) is 1.00. The number of hydrogen-bond acceptors (Lipinski definition) is 4. The molecule has 0 radical (unpaired) electrons. The van der Waals surface area contributed by atoms with Gasteiger partial charge < -0.3 is 19.7 Å². The quantitative estimate of drug-likeness (QED) is 0.494. The van der Waals surface area contributed by atoms with E-state index in [4.69, 9.17) is 9.47 Å². The maximum atomic E-state index is 9.33. The standard InChI is InChI=1S/C6H8O4.2FH/c7-2-1-3(8)5-4(2)9-6(1)10-5;;/h1-8H;2*1H/t1?,2-,3?,4-,5+,6?;;/m0../s1. The molecule has 4 rings (SSSR count). The molecule has 0 aromatic rings. The van der Waals surface area contributed by atoms with Crippen LogP contribution in [0.4, 0.5) is 9.41 Å². The number of rotatable bonds is 0. The van der Waals surface area contributed by atoms with Crippen molar-refractivity contribution in [2.24, 2.45) is 5.92 Å². The molecule has 4 fully saturated rings. The van der Waals surface area contributed by atoms with E-state index in [9.17, 15) is 10.2 Å². The van der Waals surface area contributed by atoms with Crippen molar-refractivity contribution >= 4 is 0 Å². The van der Waals surface area contributed by atoms with Gasteiger partial charge in [-0.2, -0.15) is 0 Å². The molecule has 1 saturated carbocycles. The van der Waals surface area contributed by atoms with Crippen LogP contribution in [-0.2, 0) is 9.47 Å². The zero-order valence-corrected chi connectivity index (χ0v) is 5.99. The highest BCUT2D eigenvalue weighted by molar-refractivity contribution is 5.11. The molecule has 0 spiro atoms. The van der Waals surface area contributed by atoms with Gasteiger partial charge in [0, 0.05) is 0 Å². The molecular formula is C6H10F2O4. The maximum absolute atomic E-state index is 9.33. The lowest BCUT2D eigenvalue weighted by molar-refractivity contribution is -0.0388. The number of aliphatic hydroxyl groups excluding tert-OH is 2. The summed E-state index contributed by atoms with van der Waals surface area (Å²) in [6, 6.07) is 0. The predicted octanol–water partition coefficient (Wildman–Crippen LogP) is -1.23. The first kappa shape index (κ1) is 9.79. The number of halogens is 2. The van der Waals surface area contributed by atoms with Gasteiger partial charge in [0.2, 0.25) is 0 Å². The van der Waals surface area contributed by atoms with Gasteiger partial charge in [-0.05, 0) is 0 Å². The van der Waals surface area contributed by atoms with Crippen molar-refractivity contribution in [2.75, 3.05) is 0 Å². The SMILES string of the molecule is F.F.OC1C2C3O[C@H]([C@@H]1O3)[C@H]2O. The van der Waals surface area contributed by atoms with Crippen LogP contribution < -0.4 is 0 Å². The lowest BCUT2D eigenvalue weighted by Crippen LogP contribution is -2.29. The molecule has 3 heterocycles. The first-order valence-corrected chi connectivity index (χ1v) is 3.46. The van der Waals surface area contributed by atoms with Crippen molar-refractivity contribution < 1.29 is 29.1 Å². The van der Waals surface area contributed by atoms with Crippen LogP contribution in [0.15, 0.2) is 0 Å². The van der Waals surface area contributed by atoms with Gasteiger partial charge in [-0.1, -0.05) is 0 Å². The topological polar surface area (TPSA) is 58.9 Å². The average molecular weight is 184 g/mol. The molecule has 12 heavy (non-hydrogen) atoms. The highest BCUT2D eigenvalue weighted by Gasteiger charge is 2.68. The monoisotopic (exact) mass is 184 g/mol. The van der Waals surface area contributed by atoms with Crippen LogP contribution in [0.5, 0.6) is 0 Å². The average Bonchev–Trinajstić information content (AvgIpc) is 2.51. The molecule has 0 amide bonds. The highest BCUT2D eigenvalue weighted by Crippen LogP contribution is 2.50. The maximum Gasteiger partial charge on any atom is 0.166 e. The molecule has 0 aromatic carbocycles. The molecule has 1 aliphatic carbocycles. The van der Waals surface area contributed by atoms with Gasteiger partial charge >= 0.3 is 0 Å². The van der Waals surface area contributed by atoms with Crippen molar-refractivity contribution in [3.05, 3.63) is 0 Å². The Hall–Kier alpha value is -0.300. The molecule has 4 bridgehead atoms. The van der Waals surface area contributed by atoms with Crippen LogP contribution in [0.25, 0.3) is 0 Å². The molecule has 6 atom stereocenters. The van der Waals surface area contributed by atoms with Gasteiger partial charge in [-0.3, -0.25) is 9.41 Å². The minimum absolute atomic E-state index is 0. The Morgan fingerprint density at radius 1 is 0.833 bits per heavy atom. The summed E-state index contributed by atoms with van der Waals surface area (Å²) in [7, 11) is 0. The second kappa shape index (κ2) is 2.59. The Bertz CT molecular complexity index is 170. The van der Waals surface area contributed by atoms with E-state index in [1.807, 2.05) is 0 Å². The van der Waals surface area contributed by atoms with Gasteiger partial charge in [0.1, 0.15) is 12.2 Å². The summed E-state index contributed by atoms with van der Waals surface area (Å²) in [6.45, 7) is 0.